The van der Waals surface area contributed by atoms with E-state index in [2.05, 4.69) is 118 Å². The lowest BCUT2D eigenvalue weighted by Gasteiger charge is -2.18. The number of hydrogen-bond acceptors (Lipinski definition) is 6. The van der Waals surface area contributed by atoms with Gasteiger partial charge >= 0.3 is 17.9 Å². The number of hydrogen-bond donors (Lipinski definition) is 0. The highest BCUT2D eigenvalue weighted by Crippen LogP contribution is 2.15. The van der Waals surface area contributed by atoms with Gasteiger partial charge in [0.25, 0.3) is 0 Å². The maximum atomic E-state index is 12.9. The standard InChI is InChI=1S/C70H118O6/c1-4-7-10-13-16-19-22-25-28-30-32-33-34-35-36-37-38-40-42-45-48-51-54-57-60-63-69(72)75-66-67(65-74-68(71)62-59-56-53-50-47-44-41-27-24-21-18-15-12-9-6-3)76-70(73)64-61-58-55-52-49-46-43-39-31-29-26-23-20-17-14-11-8-5-2/h9,12,18,21-22,25,27,29-32,34-35,41,47,50,56,59,67H,4-8,10-11,13-17,19-20,23-24,26,28,33,36-40,42-46,48-49,51-55,57-58,60-66H2,1-3H3/b12-9-,21-18-,25-22-,31-29-,32-30-,35-34-,41-27-,50-47-,59-56-. The Hall–Kier alpha value is -3.93. The van der Waals surface area contributed by atoms with Crippen LogP contribution in [0.2, 0.25) is 0 Å². The molecule has 0 saturated heterocycles. The van der Waals surface area contributed by atoms with Gasteiger partial charge in [0.2, 0.25) is 0 Å². The second-order valence-corrected chi connectivity index (χ2v) is 20.9. The molecule has 0 amide bonds. The molecule has 0 saturated carbocycles. The summed E-state index contributed by atoms with van der Waals surface area (Å²) in [6, 6.07) is 0. The predicted octanol–water partition coefficient (Wildman–Crippen LogP) is 21.8. The fraction of sp³-hybridized carbons (Fsp3) is 0.700. The first-order valence-corrected chi connectivity index (χ1v) is 31.9. The summed E-state index contributed by atoms with van der Waals surface area (Å²) in [5, 5.41) is 0. The molecule has 0 N–H and O–H groups in total. The van der Waals surface area contributed by atoms with Gasteiger partial charge in [0.15, 0.2) is 6.10 Å². The Morgan fingerprint density at radius 1 is 0.289 bits per heavy atom. The Kier molecular flexibility index (Phi) is 60.3. The maximum Gasteiger partial charge on any atom is 0.309 e. The van der Waals surface area contributed by atoms with Crippen molar-refractivity contribution in [3.8, 4) is 0 Å². The zero-order valence-corrected chi connectivity index (χ0v) is 49.7. The molecule has 0 aliphatic carbocycles. The van der Waals surface area contributed by atoms with E-state index in [0.29, 0.717) is 12.8 Å². The van der Waals surface area contributed by atoms with Crippen molar-refractivity contribution in [1.29, 1.82) is 0 Å². The zero-order chi connectivity index (χ0) is 55.0. The van der Waals surface area contributed by atoms with Crippen molar-refractivity contribution in [1.82, 2.24) is 0 Å². The van der Waals surface area contributed by atoms with Crippen LogP contribution in [0.15, 0.2) is 109 Å². The van der Waals surface area contributed by atoms with Gasteiger partial charge in [-0.3, -0.25) is 14.4 Å². The Labute approximate surface area is 470 Å². The monoisotopic (exact) mass is 1050 g/mol. The van der Waals surface area contributed by atoms with E-state index in [4.69, 9.17) is 14.2 Å². The van der Waals surface area contributed by atoms with Gasteiger partial charge in [-0.25, -0.2) is 0 Å². The van der Waals surface area contributed by atoms with E-state index < -0.39 is 12.1 Å². The van der Waals surface area contributed by atoms with Crippen molar-refractivity contribution in [2.45, 2.75) is 303 Å². The average molecular weight is 1060 g/mol. The second-order valence-electron chi connectivity index (χ2n) is 20.9. The van der Waals surface area contributed by atoms with E-state index in [1.807, 2.05) is 6.08 Å². The summed E-state index contributed by atoms with van der Waals surface area (Å²) in [5.41, 5.74) is 0. The van der Waals surface area contributed by atoms with Crippen molar-refractivity contribution >= 4 is 17.9 Å². The van der Waals surface area contributed by atoms with Crippen LogP contribution in [-0.2, 0) is 28.6 Å². The van der Waals surface area contributed by atoms with Gasteiger partial charge in [0, 0.05) is 12.8 Å². The summed E-state index contributed by atoms with van der Waals surface area (Å²) in [4.78, 5) is 38.2. The first-order chi connectivity index (χ1) is 37.5. The van der Waals surface area contributed by atoms with Crippen LogP contribution < -0.4 is 0 Å². The summed E-state index contributed by atoms with van der Waals surface area (Å²) in [5.74, 6) is -1.05. The lowest BCUT2D eigenvalue weighted by atomic mass is 10.1. The van der Waals surface area contributed by atoms with Gasteiger partial charge < -0.3 is 14.2 Å². The molecule has 0 aromatic heterocycles. The number of allylic oxidation sites excluding steroid dienone is 17. The van der Waals surface area contributed by atoms with E-state index in [9.17, 15) is 14.4 Å². The molecule has 0 bridgehead atoms. The molecule has 0 aliphatic rings. The minimum atomic E-state index is -0.825. The number of esters is 3. The molecular formula is C70H118O6. The first-order valence-electron chi connectivity index (χ1n) is 31.9. The molecule has 76 heavy (non-hydrogen) atoms. The van der Waals surface area contributed by atoms with Gasteiger partial charge in [0.05, 0.1) is 6.42 Å². The van der Waals surface area contributed by atoms with Crippen LogP contribution in [0.5, 0.6) is 0 Å². The molecule has 0 rings (SSSR count). The SMILES string of the molecule is CC/C=C\C/C=C\C/C=C\C/C=C\C/C=C\CC(=O)OCC(COC(=O)CCCCCCCCCCCC/C=C\C/C=C\C/C=C\CCCCCCC)OC(=O)CCCCCCCCC/C=C\CCCCCCCCC. The van der Waals surface area contributed by atoms with Crippen molar-refractivity contribution < 1.29 is 28.6 Å². The molecule has 6 nitrogen and oxygen atoms in total. The number of ether oxygens (including phenoxy) is 3. The van der Waals surface area contributed by atoms with Crippen LogP contribution in [-0.4, -0.2) is 37.2 Å². The van der Waals surface area contributed by atoms with Crippen molar-refractivity contribution in [2.75, 3.05) is 13.2 Å². The number of carbonyl (C=O) groups excluding carboxylic acids is 3. The van der Waals surface area contributed by atoms with Crippen molar-refractivity contribution in [2.24, 2.45) is 0 Å². The number of carbonyl (C=O) groups is 3. The minimum Gasteiger partial charge on any atom is -0.462 e. The smallest absolute Gasteiger partial charge is 0.309 e. The summed E-state index contributed by atoms with van der Waals surface area (Å²) in [6.45, 7) is 6.44. The Morgan fingerprint density at radius 3 is 0.934 bits per heavy atom. The van der Waals surface area contributed by atoms with Crippen LogP contribution in [0.1, 0.15) is 297 Å². The van der Waals surface area contributed by atoms with E-state index in [-0.39, 0.29) is 31.6 Å². The first kappa shape index (κ1) is 72.1. The van der Waals surface area contributed by atoms with E-state index in [1.165, 1.54) is 173 Å². The molecule has 6 heteroatoms. The van der Waals surface area contributed by atoms with E-state index in [0.717, 1.165) is 83.5 Å². The third kappa shape index (κ3) is 60.9. The molecule has 0 aromatic carbocycles. The van der Waals surface area contributed by atoms with Crippen molar-refractivity contribution in [3.63, 3.8) is 0 Å². The molecule has 0 spiro atoms. The molecule has 0 radical (unpaired) electrons. The maximum absolute atomic E-state index is 12.9. The largest absolute Gasteiger partial charge is 0.462 e. The highest BCUT2D eigenvalue weighted by Gasteiger charge is 2.19. The molecule has 0 fully saturated rings. The topological polar surface area (TPSA) is 78.9 Å². The summed E-state index contributed by atoms with van der Waals surface area (Å²) in [6.07, 6.45) is 86.9. The predicted molar refractivity (Wildman–Crippen MR) is 330 cm³/mol. The summed E-state index contributed by atoms with van der Waals surface area (Å²) >= 11 is 0. The van der Waals surface area contributed by atoms with Crippen LogP contribution in [0.3, 0.4) is 0 Å². The van der Waals surface area contributed by atoms with Crippen LogP contribution in [0, 0.1) is 0 Å². The number of rotatable bonds is 57. The van der Waals surface area contributed by atoms with Gasteiger partial charge in [-0.15, -0.1) is 0 Å². The number of unbranched alkanes of at least 4 members (excludes halogenated alkanes) is 29. The lowest BCUT2D eigenvalue weighted by molar-refractivity contribution is -0.166. The molecule has 434 valence electrons. The van der Waals surface area contributed by atoms with Gasteiger partial charge in [0.1, 0.15) is 13.2 Å². The van der Waals surface area contributed by atoms with Crippen LogP contribution in [0.4, 0.5) is 0 Å². The molecule has 1 atom stereocenters. The Bertz CT molecular complexity index is 1540. The highest BCUT2D eigenvalue weighted by atomic mass is 16.6. The molecular weight excluding hydrogens is 937 g/mol. The molecule has 1 unspecified atom stereocenters. The summed E-state index contributed by atoms with van der Waals surface area (Å²) in [7, 11) is 0. The minimum absolute atomic E-state index is 0.112. The van der Waals surface area contributed by atoms with Crippen molar-refractivity contribution in [3.05, 3.63) is 109 Å². The average Bonchev–Trinajstić information content (AvgIpc) is 3.42. The Balaban J connectivity index is 4.42. The zero-order valence-electron chi connectivity index (χ0n) is 49.7. The molecule has 0 heterocycles. The second kappa shape index (κ2) is 63.6. The van der Waals surface area contributed by atoms with Crippen LogP contribution in [0.25, 0.3) is 0 Å². The van der Waals surface area contributed by atoms with Gasteiger partial charge in [-0.05, 0) is 109 Å². The fourth-order valence-electron chi connectivity index (χ4n) is 8.75. The Morgan fingerprint density at radius 2 is 0.566 bits per heavy atom. The third-order valence-corrected chi connectivity index (χ3v) is 13.5. The fourth-order valence-corrected chi connectivity index (χ4v) is 8.75. The van der Waals surface area contributed by atoms with Gasteiger partial charge in [-0.2, -0.15) is 0 Å². The van der Waals surface area contributed by atoms with Crippen LogP contribution >= 0.6 is 0 Å². The molecule has 0 aromatic rings. The normalized spacial score (nSPS) is 12.8. The lowest BCUT2D eigenvalue weighted by Crippen LogP contribution is -2.30. The summed E-state index contributed by atoms with van der Waals surface area (Å²) < 4.78 is 16.8. The molecule has 0 aliphatic heterocycles. The van der Waals surface area contributed by atoms with Gasteiger partial charge in [-0.1, -0.05) is 278 Å². The highest BCUT2D eigenvalue weighted by molar-refractivity contribution is 5.72. The van der Waals surface area contributed by atoms with E-state index in [1.54, 1.807) is 6.08 Å². The third-order valence-electron chi connectivity index (χ3n) is 13.5. The van der Waals surface area contributed by atoms with E-state index >= 15 is 0 Å². The quantitative estimate of drug-likeness (QED) is 0.0261.